The average Bonchev–Trinajstić information content (AvgIpc) is 3.70. The number of allylic oxidation sites excluding steroid dienone is 9. The lowest BCUT2D eigenvalue weighted by Gasteiger charge is -2.44. The van der Waals surface area contributed by atoms with Crippen LogP contribution in [0.15, 0.2) is 95.2 Å². The summed E-state index contributed by atoms with van der Waals surface area (Å²) in [5.41, 5.74) is 1.70. The third kappa shape index (κ3) is 5.86. The summed E-state index contributed by atoms with van der Waals surface area (Å²) in [6.07, 6.45) is 5.82. The Morgan fingerprint density at radius 2 is 1.74 bits per heavy atom. The highest BCUT2D eigenvalue weighted by molar-refractivity contribution is 6.03. The number of nitrogens with zero attached hydrogens (tertiary/aromatic N) is 4. The van der Waals surface area contributed by atoms with E-state index in [1.54, 1.807) is 38.3 Å². The highest BCUT2D eigenvalue weighted by Gasteiger charge is 2.52. The number of ketones is 2. The van der Waals surface area contributed by atoms with Crippen LogP contribution in [0.4, 0.5) is 24.8 Å². The highest BCUT2D eigenvalue weighted by Crippen LogP contribution is 2.55. The molecule has 0 saturated heterocycles. The maximum atomic E-state index is 14.4. The van der Waals surface area contributed by atoms with Crippen molar-refractivity contribution in [3.05, 3.63) is 117 Å². The van der Waals surface area contributed by atoms with Gasteiger partial charge in [-0.2, -0.15) is 28.6 Å². The van der Waals surface area contributed by atoms with Crippen molar-refractivity contribution in [2.24, 2.45) is 10.8 Å². The fourth-order valence-electron chi connectivity index (χ4n) is 8.86. The second kappa shape index (κ2) is 12.0. The monoisotopic (exact) mass is 721 g/mol. The van der Waals surface area contributed by atoms with Crippen molar-refractivity contribution in [2.75, 3.05) is 10.6 Å². The van der Waals surface area contributed by atoms with Crippen LogP contribution < -0.4 is 10.6 Å². The molecule has 0 bridgehead atoms. The van der Waals surface area contributed by atoms with E-state index in [1.807, 2.05) is 30.8 Å². The van der Waals surface area contributed by atoms with Gasteiger partial charge in [0.25, 0.3) is 0 Å². The van der Waals surface area contributed by atoms with Crippen LogP contribution >= 0.6 is 0 Å². The first-order valence-corrected chi connectivity index (χ1v) is 17.6. The third-order valence-electron chi connectivity index (χ3n) is 11.4. The first-order chi connectivity index (χ1) is 24.8. The van der Waals surface area contributed by atoms with E-state index in [1.165, 1.54) is 6.07 Å². The number of benzene rings is 1. The number of nitrogens with one attached hydrogen (secondary N) is 3. The standard InChI is InChI=1S/C41H42F3N7O2/c1-23(19-45)10-8-11-24(2)39(6)28-21-51(50-36(28)48-29-15-37(3,4)17-31(52)33(29)39)22-38(5)16-30-34(32(53)18-38)40(7,27-20-46-49-35(27)47-30)25-12-9-13-26(14-25)41(42,43)44/h8-14,20-21H,2,15-18,22H2,1,3-7H3,(H,48,50)(H2,46,47,49)/b11-8-,23-10+/t38?,39-,40-/m0/s1. The van der Waals surface area contributed by atoms with Crippen LogP contribution in [0.3, 0.4) is 0 Å². The smallest absolute Gasteiger partial charge is 0.343 e. The number of fused-ring (bicyclic) bond motifs is 2. The molecule has 4 aliphatic rings. The molecule has 0 saturated carbocycles. The van der Waals surface area contributed by atoms with Gasteiger partial charge >= 0.3 is 6.18 Å². The summed E-state index contributed by atoms with van der Waals surface area (Å²) in [4.78, 5) is 28.3. The number of aromatic amines is 1. The molecule has 0 fully saturated rings. The molecular formula is C41H42F3N7O2. The van der Waals surface area contributed by atoms with Crippen molar-refractivity contribution in [1.29, 1.82) is 5.26 Å². The third-order valence-corrected chi connectivity index (χ3v) is 11.4. The van der Waals surface area contributed by atoms with Crippen molar-refractivity contribution < 1.29 is 22.8 Å². The molecule has 4 heterocycles. The topological polar surface area (TPSA) is 128 Å². The van der Waals surface area contributed by atoms with Gasteiger partial charge in [0.2, 0.25) is 0 Å². The molecule has 0 spiro atoms. The Balaban J connectivity index is 1.26. The number of H-pyrrole nitrogens is 1. The zero-order chi connectivity index (χ0) is 38.3. The number of halogens is 3. The molecule has 3 atom stereocenters. The predicted octanol–water partition coefficient (Wildman–Crippen LogP) is 8.59. The molecule has 1 aromatic carbocycles. The molecule has 2 aliphatic heterocycles. The van der Waals surface area contributed by atoms with Crippen LogP contribution in [-0.4, -0.2) is 31.5 Å². The first-order valence-electron chi connectivity index (χ1n) is 17.6. The molecule has 3 N–H and O–H groups in total. The molecule has 2 aromatic heterocycles. The van der Waals surface area contributed by atoms with E-state index in [0.29, 0.717) is 76.6 Å². The number of rotatable bonds is 6. The number of anilines is 2. The fourth-order valence-corrected chi connectivity index (χ4v) is 8.86. The summed E-state index contributed by atoms with van der Waals surface area (Å²) in [7, 11) is 0. The zero-order valence-corrected chi connectivity index (χ0v) is 30.7. The SMILES string of the molecule is C=C(/C=C\C=C(/C)C#N)[C@]1(C)C2=C(CC(C)(C)CC2=O)Nc2nn(CC3(C)CC(=O)C4=C(C3)Nc3[nH]ncc3[C@]4(C)c3cccc(C(F)(F)F)c3)cc21. The van der Waals surface area contributed by atoms with E-state index in [-0.39, 0.29) is 23.4 Å². The first kappa shape index (κ1) is 35.9. The van der Waals surface area contributed by atoms with Gasteiger partial charge < -0.3 is 10.6 Å². The van der Waals surface area contributed by atoms with Crippen molar-refractivity contribution >= 4 is 23.2 Å². The summed E-state index contributed by atoms with van der Waals surface area (Å²) in [6, 6.07) is 7.27. The van der Waals surface area contributed by atoms with Gasteiger partial charge in [0.1, 0.15) is 5.82 Å². The summed E-state index contributed by atoms with van der Waals surface area (Å²) in [5, 5.41) is 28.2. The summed E-state index contributed by atoms with van der Waals surface area (Å²) >= 11 is 0. The second-order valence-corrected chi connectivity index (χ2v) is 16.4. The van der Waals surface area contributed by atoms with Crippen molar-refractivity contribution in [2.45, 2.75) is 90.8 Å². The highest BCUT2D eigenvalue weighted by atomic mass is 19.4. The van der Waals surface area contributed by atoms with E-state index >= 15 is 0 Å². The van der Waals surface area contributed by atoms with Crippen LogP contribution in [0, 0.1) is 22.2 Å². The number of hydrogen-bond acceptors (Lipinski definition) is 7. The van der Waals surface area contributed by atoms with Gasteiger partial charge in [-0.15, -0.1) is 0 Å². The van der Waals surface area contributed by atoms with Crippen LogP contribution in [0.5, 0.6) is 0 Å². The zero-order valence-electron chi connectivity index (χ0n) is 30.7. The lowest BCUT2D eigenvalue weighted by atomic mass is 9.61. The minimum atomic E-state index is -4.55. The van der Waals surface area contributed by atoms with Crippen LogP contribution in [0.1, 0.15) is 89.5 Å². The van der Waals surface area contributed by atoms with E-state index in [0.717, 1.165) is 23.4 Å². The Kier molecular flexibility index (Phi) is 8.17. The van der Waals surface area contributed by atoms with Gasteiger partial charge in [-0.1, -0.05) is 57.7 Å². The molecule has 2 aliphatic carbocycles. The van der Waals surface area contributed by atoms with Crippen LogP contribution in [-0.2, 0) is 33.1 Å². The van der Waals surface area contributed by atoms with E-state index in [2.05, 4.69) is 47.3 Å². The van der Waals surface area contributed by atoms with E-state index in [4.69, 9.17) is 5.10 Å². The number of carbonyl (C=O) groups is 2. The van der Waals surface area contributed by atoms with Gasteiger partial charge in [-0.3, -0.25) is 19.4 Å². The minimum Gasteiger partial charge on any atom is -0.343 e. The molecule has 0 amide bonds. The maximum Gasteiger partial charge on any atom is 0.416 e. The summed E-state index contributed by atoms with van der Waals surface area (Å²) < 4.78 is 43.4. The van der Waals surface area contributed by atoms with Gasteiger partial charge in [-0.25, -0.2) is 0 Å². The van der Waals surface area contributed by atoms with Gasteiger partial charge in [0, 0.05) is 64.8 Å². The lowest BCUT2D eigenvalue weighted by molar-refractivity contribution is -0.137. The lowest BCUT2D eigenvalue weighted by Crippen LogP contribution is -2.43. The van der Waals surface area contributed by atoms with Crippen LogP contribution in [0.2, 0.25) is 0 Å². The van der Waals surface area contributed by atoms with Crippen molar-refractivity contribution in [1.82, 2.24) is 20.0 Å². The molecular weight excluding hydrogens is 679 g/mol. The quantitative estimate of drug-likeness (QED) is 0.172. The normalized spacial score (nSPS) is 26.7. The fraction of sp³-hybridized carbons (Fsp3) is 0.390. The number of alkyl halides is 3. The number of carbonyl (C=O) groups excluding carboxylic acids is 2. The predicted molar refractivity (Wildman–Crippen MR) is 195 cm³/mol. The van der Waals surface area contributed by atoms with Crippen LogP contribution in [0.25, 0.3) is 0 Å². The maximum absolute atomic E-state index is 14.4. The minimum absolute atomic E-state index is 0.0395. The average molecular weight is 722 g/mol. The molecule has 3 aromatic rings. The molecule has 0 radical (unpaired) electrons. The number of Topliss-reactive ketones (excluding diaryl/α,β-unsaturated/α-hetero) is 2. The summed E-state index contributed by atoms with van der Waals surface area (Å²) in [5.74, 6) is 1.01. The number of hydrogen-bond donors (Lipinski definition) is 3. The Labute approximate surface area is 306 Å². The number of nitriles is 1. The Bertz CT molecular complexity index is 2280. The Hall–Kier alpha value is -5.44. The van der Waals surface area contributed by atoms with Crippen molar-refractivity contribution in [3.8, 4) is 6.07 Å². The van der Waals surface area contributed by atoms with Gasteiger partial charge in [0.15, 0.2) is 17.4 Å². The molecule has 12 heteroatoms. The van der Waals surface area contributed by atoms with E-state index < -0.39 is 28.0 Å². The Morgan fingerprint density at radius 1 is 1.02 bits per heavy atom. The molecule has 7 rings (SSSR count). The number of aromatic nitrogens is 4. The van der Waals surface area contributed by atoms with Gasteiger partial charge in [-0.05, 0) is 67.7 Å². The molecule has 53 heavy (non-hydrogen) atoms. The second-order valence-electron chi connectivity index (χ2n) is 16.4. The Morgan fingerprint density at radius 3 is 2.45 bits per heavy atom. The molecule has 1 unspecified atom stereocenters. The van der Waals surface area contributed by atoms with E-state index in [9.17, 15) is 28.0 Å². The summed E-state index contributed by atoms with van der Waals surface area (Å²) in [6.45, 7) is 16.4. The largest absolute Gasteiger partial charge is 0.416 e. The molecule has 9 nitrogen and oxygen atoms in total. The molecule has 274 valence electrons. The van der Waals surface area contributed by atoms with Gasteiger partial charge in [0.05, 0.1) is 28.7 Å². The van der Waals surface area contributed by atoms with Crippen molar-refractivity contribution in [3.63, 3.8) is 0 Å².